The molecular formula is C21H20N2O6. The average Bonchev–Trinajstić information content (AvgIpc) is 2.98. The third-order valence-electron chi connectivity index (χ3n) is 4.02. The van der Waals surface area contributed by atoms with Crippen LogP contribution < -0.4 is 4.74 Å². The number of aromatic nitrogens is 1. The van der Waals surface area contributed by atoms with Crippen LogP contribution in [0.15, 0.2) is 29.8 Å². The lowest BCUT2D eigenvalue weighted by molar-refractivity contribution is -0.139. The van der Waals surface area contributed by atoms with Crippen LogP contribution in [0.25, 0.3) is 6.08 Å². The molecule has 0 aliphatic heterocycles. The Labute approximate surface area is 167 Å². The molecule has 8 heteroatoms. The summed E-state index contributed by atoms with van der Waals surface area (Å²) in [5.41, 5.74) is 1.19. The molecule has 0 amide bonds. The number of ether oxygens (including phenoxy) is 2. The summed E-state index contributed by atoms with van der Waals surface area (Å²) in [5, 5.41) is 18.4. The van der Waals surface area contributed by atoms with Gasteiger partial charge in [-0.1, -0.05) is 18.2 Å². The molecule has 1 aromatic carbocycles. The number of carboxylic acids is 1. The Balaban J connectivity index is 2.50. The Hall–Kier alpha value is -3.86. The number of aliphatic carboxylic acids is 1. The first-order chi connectivity index (χ1) is 13.8. The number of allylic oxidation sites excluding steroid dienone is 1. The highest BCUT2D eigenvalue weighted by Gasteiger charge is 2.27. The monoisotopic (exact) mass is 396 g/mol. The second-order valence-corrected chi connectivity index (χ2v) is 6.06. The number of nitrogens with zero attached hydrogens (tertiary/aromatic N) is 1. The van der Waals surface area contributed by atoms with Crippen molar-refractivity contribution in [2.24, 2.45) is 0 Å². The molecule has 1 aromatic heterocycles. The van der Waals surface area contributed by atoms with E-state index in [1.807, 2.05) is 6.07 Å². The van der Waals surface area contributed by atoms with Crippen molar-refractivity contribution in [1.82, 2.24) is 4.98 Å². The zero-order valence-electron chi connectivity index (χ0n) is 16.2. The molecule has 2 rings (SSSR count). The summed E-state index contributed by atoms with van der Waals surface area (Å²) >= 11 is 0. The van der Waals surface area contributed by atoms with Crippen molar-refractivity contribution in [3.05, 3.63) is 57.9 Å². The van der Waals surface area contributed by atoms with Gasteiger partial charge in [0.05, 0.1) is 17.7 Å². The number of Topliss-reactive ketones (excluding diaryl/α,β-unsaturated/α-hetero) is 1. The van der Waals surface area contributed by atoms with Crippen LogP contribution in [-0.4, -0.2) is 41.0 Å². The Morgan fingerprint density at radius 1 is 1.17 bits per heavy atom. The molecule has 0 fully saturated rings. The normalized spacial score (nSPS) is 10.9. The van der Waals surface area contributed by atoms with E-state index in [-0.39, 0.29) is 29.1 Å². The maximum Gasteiger partial charge on any atom is 0.341 e. The van der Waals surface area contributed by atoms with Crippen LogP contribution in [0.4, 0.5) is 0 Å². The molecule has 0 aliphatic rings. The van der Waals surface area contributed by atoms with Gasteiger partial charge in [-0.25, -0.2) is 9.59 Å². The van der Waals surface area contributed by atoms with E-state index in [0.717, 1.165) is 0 Å². The van der Waals surface area contributed by atoms with Crippen molar-refractivity contribution >= 4 is 23.8 Å². The standard InChI is InChI=1S/C21H20N2O6/c1-4-28-21(27)19-13(3)23-12(2)18(19)20(26)15(10-22)9-14-7-5-6-8-16(14)29-11-17(24)25/h5-9,23H,4,11H2,1-3H3,(H,24,25)/b15-9-. The minimum atomic E-state index is -1.15. The minimum absolute atomic E-state index is 0.0673. The number of hydrogen-bond donors (Lipinski definition) is 2. The van der Waals surface area contributed by atoms with Crippen molar-refractivity contribution < 1.29 is 29.0 Å². The lowest BCUT2D eigenvalue weighted by Crippen LogP contribution is -2.13. The molecule has 0 bridgehead atoms. The summed E-state index contributed by atoms with van der Waals surface area (Å²) < 4.78 is 10.2. The van der Waals surface area contributed by atoms with Crippen LogP contribution in [0.3, 0.4) is 0 Å². The highest BCUT2D eigenvalue weighted by molar-refractivity contribution is 6.19. The lowest BCUT2D eigenvalue weighted by atomic mass is 9.97. The summed E-state index contributed by atoms with van der Waals surface area (Å²) in [6.45, 7) is 4.50. The smallest absolute Gasteiger partial charge is 0.341 e. The number of aryl methyl sites for hydroxylation is 2. The fourth-order valence-corrected chi connectivity index (χ4v) is 2.83. The number of carboxylic acid groups (broad SMARTS) is 1. The molecule has 29 heavy (non-hydrogen) atoms. The van der Waals surface area contributed by atoms with Crippen molar-refractivity contribution in [3.8, 4) is 11.8 Å². The quantitative estimate of drug-likeness (QED) is 0.303. The van der Waals surface area contributed by atoms with Crippen molar-refractivity contribution in [2.75, 3.05) is 13.2 Å². The number of benzene rings is 1. The van der Waals surface area contributed by atoms with Gasteiger partial charge in [0.25, 0.3) is 0 Å². The summed E-state index contributed by atoms with van der Waals surface area (Å²) in [5.74, 6) is -2.24. The van der Waals surface area contributed by atoms with Crippen LogP contribution in [0.1, 0.15) is 44.6 Å². The fourth-order valence-electron chi connectivity index (χ4n) is 2.83. The van der Waals surface area contributed by atoms with Crippen LogP contribution in [0.5, 0.6) is 5.75 Å². The first kappa shape index (κ1) is 21.4. The largest absolute Gasteiger partial charge is 0.481 e. The van der Waals surface area contributed by atoms with Crippen LogP contribution in [0, 0.1) is 25.2 Å². The second-order valence-electron chi connectivity index (χ2n) is 6.06. The number of carbonyl (C=O) groups is 3. The highest BCUT2D eigenvalue weighted by Crippen LogP contribution is 2.26. The van der Waals surface area contributed by atoms with Gasteiger partial charge in [-0.2, -0.15) is 5.26 Å². The van der Waals surface area contributed by atoms with E-state index in [2.05, 4.69) is 4.98 Å². The Bertz CT molecular complexity index is 1030. The Morgan fingerprint density at radius 3 is 2.45 bits per heavy atom. The molecule has 0 unspecified atom stereocenters. The number of ketones is 1. The van der Waals surface area contributed by atoms with Crippen LogP contribution in [0.2, 0.25) is 0 Å². The van der Waals surface area contributed by atoms with Gasteiger partial charge in [-0.15, -0.1) is 0 Å². The molecule has 0 saturated carbocycles. The Morgan fingerprint density at radius 2 is 1.83 bits per heavy atom. The fraction of sp³-hybridized carbons (Fsp3) is 0.238. The SMILES string of the molecule is CCOC(=O)c1c(C)[nH]c(C)c1C(=O)/C(C#N)=C\c1ccccc1OCC(=O)O. The number of para-hydroxylation sites is 1. The number of hydrogen-bond acceptors (Lipinski definition) is 6. The number of H-pyrrole nitrogens is 1. The number of rotatable bonds is 8. The van der Waals surface area contributed by atoms with Crippen molar-refractivity contribution in [3.63, 3.8) is 0 Å². The van der Waals surface area contributed by atoms with Crippen molar-refractivity contribution in [2.45, 2.75) is 20.8 Å². The number of esters is 1. The third-order valence-corrected chi connectivity index (χ3v) is 4.02. The summed E-state index contributed by atoms with van der Waals surface area (Å²) in [4.78, 5) is 39.1. The van der Waals surface area contributed by atoms with Crippen LogP contribution >= 0.6 is 0 Å². The maximum atomic E-state index is 13.1. The first-order valence-electron chi connectivity index (χ1n) is 8.76. The molecule has 0 radical (unpaired) electrons. The first-order valence-corrected chi connectivity index (χ1v) is 8.76. The summed E-state index contributed by atoms with van der Waals surface area (Å²) in [7, 11) is 0. The van der Waals surface area contributed by atoms with E-state index in [9.17, 15) is 19.6 Å². The molecule has 1 heterocycles. The predicted octanol–water partition coefficient (Wildman–Crippen LogP) is 3.06. The zero-order valence-corrected chi connectivity index (χ0v) is 16.2. The predicted molar refractivity (Wildman–Crippen MR) is 104 cm³/mol. The highest BCUT2D eigenvalue weighted by atomic mass is 16.5. The van der Waals surface area contributed by atoms with E-state index in [4.69, 9.17) is 14.6 Å². The minimum Gasteiger partial charge on any atom is -0.481 e. The van der Waals surface area contributed by atoms with Gasteiger partial charge in [-0.05, 0) is 32.9 Å². The number of aromatic amines is 1. The molecule has 0 atom stereocenters. The summed E-state index contributed by atoms with van der Waals surface area (Å²) in [6, 6.07) is 8.27. The van der Waals surface area contributed by atoms with E-state index in [1.54, 1.807) is 39.0 Å². The topological polar surface area (TPSA) is 129 Å². The molecule has 2 aromatic rings. The van der Waals surface area contributed by atoms with Gasteiger partial charge in [-0.3, -0.25) is 4.79 Å². The van der Waals surface area contributed by atoms with Gasteiger partial charge in [0.1, 0.15) is 17.4 Å². The molecule has 2 N–H and O–H groups in total. The van der Waals surface area contributed by atoms with Gasteiger partial charge >= 0.3 is 11.9 Å². The van der Waals surface area contributed by atoms with Crippen molar-refractivity contribution in [1.29, 1.82) is 5.26 Å². The second kappa shape index (κ2) is 9.37. The molecule has 0 saturated heterocycles. The Kier molecular flexibility index (Phi) is 6.93. The number of nitriles is 1. The number of carbonyl (C=O) groups excluding carboxylic acids is 2. The lowest BCUT2D eigenvalue weighted by Gasteiger charge is -2.08. The summed E-state index contributed by atoms with van der Waals surface area (Å²) in [6.07, 6.45) is 1.30. The molecule has 0 aliphatic carbocycles. The third kappa shape index (κ3) is 4.90. The van der Waals surface area contributed by atoms with Crippen LogP contribution in [-0.2, 0) is 9.53 Å². The zero-order chi connectivity index (χ0) is 21.6. The molecule has 0 spiro atoms. The maximum absolute atomic E-state index is 13.1. The van der Waals surface area contributed by atoms with E-state index in [0.29, 0.717) is 17.0 Å². The van der Waals surface area contributed by atoms with Gasteiger partial charge in [0.2, 0.25) is 5.78 Å². The van der Waals surface area contributed by atoms with E-state index >= 15 is 0 Å². The van der Waals surface area contributed by atoms with Gasteiger partial charge < -0.3 is 19.6 Å². The molecule has 150 valence electrons. The molecular weight excluding hydrogens is 376 g/mol. The van der Waals surface area contributed by atoms with E-state index in [1.165, 1.54) is 12.1 Å². The number of nitrogens with one attached hydrogen (secondary N) is 1. The average molecular weight is 396 g/mol. The molecule has 8 nitrogen and oxygen atoms in total. The van der Waals surface area contributed by atoms with Gasteiger partial charge in [0, 0.05) is 17.0 Å². The van der Waals surface area contributed by atoms with E-state index < -0.39 is 24.3 Å². The van der Waals surface area contributed by atoms with Gasteiger partial charge in [0.15, 0.2) is 6.61 Å².